The van der Waals surface area contributed by atoms with Crippen LogP contribution in [0.2, 0.25) is 0 Å². The molecule has 0 unspecified atom stereocenters. The molecule has 0 bridgehead atoms. The molecular weight excluding hydrogens is 257 g/mol. The monoisotopic (exact) mass is 273 g/mol. The Kier molecular flexibility index (Phi) is 3.32. The van der Waals surface area contributed by atoms with Gasteiger partial charge in [-0.3, -0.25) is 0 Å². The quantitative estimate of drug-likeness (QED) is 0.915. The van der Waals surface area contributed by atoms with Crippen LogP contribution in [0.3, 0.4) is 0 Å². The first-order valence-corrected chi connectivity index (χ1v) is 6.58. The minimum Gasteiger partial charge on any atom is -0.486 e. The third-order valence-corrected chi connectivity index (χ3v) is 3.43. The topological polar surface area (TPSA) is 44.5 Å². The van der Waals surface area contributed by atoms with Gasteiger partial charge in [-0.1, -0.05) is 24.3 Å². The zero-order valence-electron chi connectivity index (χ0n) is 11.2. The van der Waals surface area contributed by atoms with Gasteiger partial charge >= 0.3 is 0 Å². The third-order valence-electron chi connectivity index (χ3n) is 3.43. The molecule has 3 rings (SSSR count). The van der Waals surface area contributed by atoms with Crippen molar-refractivity contribution in [1.29, 1.82) is 0 Å². The summed E-state index contributed by atoms with van der Waals surface area (Å²) in [6.07, 6.45) is -0.198. The summed E-state index contributed by atoms with van der Waals surface area (Å²) >= 11 is 0. The van der Waals surface area contributed by atoms with Crippen molar-refractivity contribution in [3.8, 4) is 22.6 Å². The van der Waals surface area contributed by atoms with Gasteiger partial charge in [0, 0.05) is 18.2 Å². The Balaban J connectivity index is 2.16. The Morgan fingerprint density at radius 2 is 2.05 bits per heavy atom. The van der Waals surface area contributed by atoms with Gasteiger partial charge in [-0.15, -0.1) is 0 Å². The molecule has 1 aliphatic heterocycles. The Labute approximate surface area is 117 Å². The number of hydrogen-bond acceptors (Lipinski definition) is 3. The highest BCUT2D eigenvalue weighted by Gasteiger charge is 2.24. The van der Waals surface area contributed by atoms with E-state index in [9.17, 15) is 4.39 Å². The third kappa shape index (κ3) is 2.23. The van der Waals surface area contributed by atoms with Crippen LogP contribution in [-0.4, -0.2) is 19.3 Å². The molecular formula is C16H16FNO2. The Bertz CT molecular complexity index is 642. The summed E-state index contributed by atoms with van der Waals surface area (Å²) in [6, 6.07) is 10.6. The van der Waals surface area contributed by atoms with Crippen molar-refractivity contribution in [3.63, 3.8) is 0 Å². The minimum absolute atomic E-state index is 0.198. The van der Waals surface area contributed by atoms with Crippen LogP contribution in [0.4, 0.5) is 4.39 Å². The smallest absolute Gasteiger partial charge is 0.169 e. The molecule has 20 heavy (non-hydrogen) atoms. The van der Waals surface area contributed by atoms with E-state index in [-0.39, 0.29) is 11.9 Å². The van der Waals surface area contributed by atoms with Crippen LogP contribution in [0, 0.1) is 12.7 Å². The Morgan fingerprint density at radius 3 is 2.80 bits per heavy atom. The summed E-state index contributed by atoms with van der Waals surface area (Å²) in [6.45, 7) is 2.70. The van der Waals surface area contributed by atoms with Gasteiger partial charge in [-0.2, -0.15) is 0 Å². The van der Waals surface area contributed by atoms with Crippen LogP contribution in [0.5, 0.6) is 11.5 Å². The minimum atomic E-state index is -0.336. The number of ether oxygens (including phenoxy) is 2. The predicted octanol–water partition coefficient (Wildman–Crippen LogP) is 2.90. The molecule has 0 aromatic heterocycles. The Hall–Kier alpha value is -2.07. The highest BCUT2D eigenvalue weighted by atomic mass is 19.1. The molecule has 0 amide bonds. The second-order valence-corrected chi connectivity index (χ2v) is 4.88. The highest BCUT2D eigenvalue weighted by Crippen LogP contribution is 2.42. The summed E-state index contributed by atoms with van der Waals surface area (Å²) in [5.41, 5.74) is 8.32. The number of benzene rings is 2. The lowest BCUT2D eigenvalue weighted by molar-refractivity contribution is 0.0971. The maximum absolute atomic E-state index is 13.8. The van der Waals surface area contributed by atoms with Crippen molar-refractivity contribution in [1.82, 2.24) is 0 Å². The molecule has 2 aromatic rings. The average Bonchev–Trinajstić information content (AvgIpc) is 2.46. The van der Waals surface area contributed by atoms with Crippen molar-refractivity contribution < 1.29 is 13.9 Å². The van der Waals surface area contributed by atoms with Gasteiger partial charge in [0.1, 0.15) is 18.5 Å². The van der Waals surface area contributed by atoms with E-state index in [1.807, 2.05) is 31.2 Å². The van der Waals surface area contributed by atoms with Gasteiger partial charge in [-0.25, -0.2) is 4.39 Å². The number of halogens is 1. The van der Waals surface area contributed by atoms with Gasteiger partial charge in [0.05, 0.1) is 0 Å². The number of nitrogens with two attached hydrogens (primary N) is 1. The normalized spacial score (nSPS) is 17.1. The molecule has 2 aromatic carbocycles. The lowest BCUT2D eigenvalue weighted by atomic mass is 9.99. The molecule has 1 heterocycles. The first-order chi connectivity index (χ1) is 9.69. The number of rotatable bonds is 2. The Morgan fingerprint density at radius 1 is 1.25 bits per heavy atom. The first kappa shape index (κ1) is 12.9. The summed E-state index contributed by atoms with van der Waals surface area (Å²) in [7, 11) is 0. The van der Waals surface area contributed by atoms with E-state index in [1.165, 1.54) is 12.1 Å². The lowest BCUT2D eigenvalue weighted by Gasteiger charge is -2.27. The molecule has 2 N–H and O–H groups in total. The largest absolute Gasteiger partial charge is 0.486 e. The van der Waals surface area contributed by atoms with Crippen LogP contribution in [0.15, 0.2) is 36.4 Å². The fourth-order valence-electron chi connectivity index (χ4n) is 2.37. The SMILES string of the molecule is Cc1ccccc1-c1cc(F)cc2c1O[C@@H](CN)CO2. The molecule has 1 aliphatic rings. The highest BCUT2D eigenvalue weighted by molar-refractivity contribution is 5.76. The van der Waals surface area contributed by atoms with E-state index in [4.69, 9.17) is 15.2 Å². The molecule has 0 saturated carbocycles. The fourth-order valence-corrected chi connectivity index (χ4v) is 2.37. The van der Waals surface area contributed by atoms with Gasteiger partial charge < -0.3 is 15.2 Å². The van der Waals surface area contributed by atoms with E-state index >= 15 is 0 Å². The fraction of sp³-hybridized carbons (Fsp3) is 0.250. The van der Waals surface area contributed by atoms with Crippen LogP contribution < -0.4 is 15.2 Å². The van der Waals surface area contributed by atoms with Crippen LogP contribution in [0.25, 0.3) is 11.1 Å². The van der Waals surface area contributed by atoms with Gasteiger partial charge in [0.2, 0.25) is 0 Å². The number of fused-ring (bicyclic) bond motifs is 1. The number of hydrogen-bond donors (Lipinski definition) is 1. The van der Waals surface area contributed by atoms with Crippen molar-refractivity contribution in [2.45, 2.75) is 13.0 Å². The standard InChI is InChI=1S/C16H16FNO2/c1-10-4-2-3-5-13(10)14-6-11(17)7-15-16(14)20-12(8-18)9-19-15/h2-7,12H,8-9,18H2,1H3/t12-/m0/s1. The van der Waals surface area contributed by atoms with E-state index in [1.54, 1.807) is 0 Å². The zero-order valence-corrected chi connectivity index (χ0v) is 11.2. The van der Waals surface area contributed by atoms with E-state index < -0.39 is 0 Å². The molecule has 3 nitrogen and oxygen atoms in total. The molecule has 104 valence electrons. The summed E-state index contributed by atoms with van der Waals surface area (Å²) in [5.74, 6) is 0.673. The molecule has 0 aliphatic carbocycles. The molecule has 0 saturated heterocycles. The predicted molar refractivity (Wildman–Crippen MR) is 75.5 cm³/mol. The zero-order chi connectivity index (χ0) is 14.1. The van der Waals surface area contributed by atoms with Crippen molar-refractivity contribution in [3.05, 3.63) is 47.8 Å². The second-order valence-electron chi connectivity index (χ2n) is 4.88. The second kappa shape index (κ2) is 5.13. The summed E-state index contributed by atoms with van der Waals surface area (Å²) in [5, 5.41) is 0. The average molecular weight is 273 g/mol. The molecule has 0 radical (unpaired) electrons. The van der Waals surface area contributed by atoms with Gasteiger partial charge in [0.15, 0.2) is 11.5 Å². The summed E-state index contributed by atoms with van der Waals surface area (Å²) in [4.78, 5) is 0. The maximum atomic E-state index is 13.8. The van der Waals surface area contributed by atoms with Gasteiger partial charge in [-0.05, 0) is 24.1 Å². The number of aryl methyl sites for hydroxylation is 1. The van der Waals surface area contributed by atoms with E-state index in [2.05, 4.69) is 0 Å². The van der Waals surface area contributed by atoms with Crippen LogP contribution >= 0.6 is 0 Å². The van der Waals surface area contributed by atoms with E-state index in [0.717, 1.165) is 11.1 Å². The molecule has 0 fully saturated rings. The van der Waals surface area contributed by atoms with Crippen molar-refractivity contribution in [2.24, 2.45) is 5.73 Å². The van der Waals surface area contributed by atoms with E-state index in [0.29, 0.717) is 30.2 Å². The molecule has 1 atom stereocenters. The van der Waals surface area contributed by atoms with Crippen molar-refractivity contribution in [2.75, 3.05) is 13.2 Å². The lowest BCUT2D eigenvalue weighted by Crippen LogP contribution is -2.36. The van der Waals surface area contributed by atoms with Crippen molar-refractivity contribution >= 4 is 0 Å². The van der Waals surface area contributed by atoms with Crippen LogP contribution in [0.1, 0.15) is 5.56 Å². The van der Waals surface area contributed by atoms with Gasteiger partial charge in [0.25, 0.3) is 0 Å². The first-order valence-electron chi connectivity index (χ1n) is 6.58. The molecule has 0 spiro atoms. The summed E-state index contributed by atoms with van der Waals surface area (Å²) < 4.78 is 25.2. The maximum Gasteiger partial charge on any atom is 0.169 e. The van der Waals surface area contributed by atoms with Crippen LogP contribution in [-0.2, 0) is 0 Å². The molecule has 4 heteroatoms.